The Morgan fingerprint density at radius 3 is 2.92 bits per heavy atom. The summed E-state index contributed by atoms with van der Waals surface area (Å²) in [6, 6.07) is 0. The van der Waals surface area contributed by atoms with Crippen LogP contribution in [0, 0.1) is 0 Å². The molecule has 0 aliphatic rings. The number of nitrogens with zero attached hydrogens (tertiary/aromatic N) is 2. The molecule has 3 nitrogen and oxygen atoms in total. The Kier molecular flexibility index (Phi) is 3.10. The van der Waals surface area contributed by atoms with E-state index in [1.807, 2.05) is 13.3 Å². The normalized spacial score (nSPS) is 9.50. The third kappa shape index (κ3) is 1.76. The van der Waals surface area contributed by atoms with E-state index in [4.69, 9.17) is 0 Å². The van der Waals surface area contributed by atoms with E-state index in [-0.39, 0.29) is 0 Å². The molecule has 0 radical (unpaired) electrons. The van der Waals surface area contributed by atoms with Crippen LogP contribution in [0.25, 0.3) is 6.08 Å². The quantitative estimate of drug-likeness (QED) is 0.570. The van der Waals surface area contributed by atoms with E-state index in [2.05, 4.69) is 21.9 Å². The van der Waals surface area contributed by atoms with Crippen LogP contribution in [0.4, 0.5) is 5.82 Å². The summed E-state index contributed by atoms with van der Waals surface area (Å²) in [4.78, 5) is 8.37. The molecule has 0 fully saturated rings. The highest BCUT2D eigenvalue weighted by Crippen LogP contribution is 2.16. The molecule has 1 aromatic rings. The molecule has 1 heterocycles. The Morgan fingerprint density at radius 1 is 1.67 bits per heavy atom. The van der Waals surface area contributed by atoms with Gasteiger partial charge in [0, 0.05) is 18.8 Å². The number of aromatic nitrogens is 2. The predicted molar refractivity (Wildman–Crippen MR) is 53.5 cm³/mol. The number of hydrogen-bond acceptors (Lipinski definition) is 4. The number of nitrogens with one attached hydrogen (secondary N) is 1. The first kappa shape index (κ1) is 9.06. The minimum Gasteiger partial charge on any atom is -0.373 e. The summed E-state index contributed by atoms with van der Waals surface area (Å²) in [6.45, 7) is 3.67. The molecule has 1 rings (SSSR count). The molecular weight excluding hydrogens is 170 g/mol. The van der Waals surface area contributed by atoms with E-state index < -0.39 is 0 Å². The highest BCUT2D eigenvalue weighted by atomic mass is 32.2. The molecule has 0 aliphatic heterocycles. The number of hydrogen-bond donors (Lipinski definition) is 1. The van der Waals surface area contributed by atoms with Crippen molar-refractivity contribution in [3.63, 3.8) is 0 Å². The molecule has 0 saturated heterocycles. The zero-order chi connectivity index (χ0) is 8.97. The maximum absolute atomic E-state index is 4.25. The minimum atomic E-state index is 0.768. The first-order valence-electron chi connectivity index (χ1n) is 3.53. The van der Waals surface area contributed by atoms with Crippen LogP contribution >= 0.6 is 11.8 Å². The molecule has 12 heavy (non-hydrogen) atoms. The van der Waals surface area contributed by atoms with Gasteiger partial charge in [0.2, 0.25) is 0 Å². The standard InChI is InChI=1S/C8H11N3S/c1-4-6-5-10-8(12-3)11-7(6)9-2/h4-5H,1H2,2-3H3,(H,9,10,11). The highest BCUT2D eigenvalue weighted by molar-refractivity contribution is 7.98. The van der Waals surface area contributed by atoms with Crippen LogP contribution < -0.4 is 5.32 Å². The molecule has 0 atom stereocenters. The summed E-state index contributed by atoms with van der Waals surface area (Å²) in [5.74, 6) is 0.823. The molecule has 1 aromatic heterocycles. The number of anilines is 1. The van der Waals surface area contributed by atoms with Gasteiger partial charge in [-0.3, -0.25) is 0 Å². The summed E-state index contributed by atoms with van der Waals surface area (Å²) in [5.41, 5.74) is 0.926. The second-order valence-electron chi connectivity index (χ2n) is 2.11. The fourth-order valence-electron chi connectivity index (χ4n) is 0.823. The van der Waals surface area contributed by atoms with Crippen LogP contribution in [0.1, 0.15) is 5.56 Å². The van der Waals surface area contributed by atoms with Crippen molar-refractivity contribution < 1.29 is 0 Å². The summed E-state index contributed by atoms with van der Waals surface area (Å²) in [6.07, 6.45) is 5.44. The van der Waals surface area contributed by atoms with Crippen molar-refractivity contribution in [2.24, 2.45) is 0 Å². The zero-order valence-electron chi connectivity index (χ0n) is 7.16. The van der Waals surface area contributed by atoms with Gasteiger partial charge < -0.3 is 5.32 Å². The summed E-state index contributed by atoms with van der Waals surface area (Å²) in [7, 11) is 1.83. The van der Waals surface area contributed by atoms with Gasteiger partial charge in [0.1, 0.15) is 5.82 Å². The molecule has 0 unspecified atom stereocenters. The van der Waals surface area contributed by atoms with Crippen LogP contribution in [-0.2, 0) is 0 Å². The van der Waals surface area contributed by atoms with Gasteiger partial charge in [0.25, 0.3) is 0 Å². The third-order valence-corrected chi connectivity index (χ3v) is 2.00. The van der Waals surface area contributed by atoms with Gasteiger partial charge >= 0.3 is 0 Å². The van der Waals surface area contributed by atoms with Gasteiger partial charge in [-0.1, -0.05) is 24.4 Å². The van der Waals surface area contributed by atoms with E-state index >= 15 is 0 Å². The molecule has 0 amide bonds. The Balaban J connectivity index is 3.10. The fraction of sp³-hybridized carbons (Fsp3) is 0.250. The summed E-state index contributed by atoms with van der Waals surface area (Å²) in [5, 5.41) is 3.75. The smallest absolute Gasteiger partial charge is 0.189 e. The van der Waals surface area contributed by atoms with Crippen LogP contribution in [-0.4, -0.2) is 23.3 Å². The molecule has 64 valence electrons. The second kappa shape index (κ2) is 4.11. The lowest BCUT2D eigenvalue weighted by Crippen LogP contribution is -1.98. The number of rotatable bonds is 3. The topological polar surface area (TPSA) is 37.8 Å². The minimum absolute atomic E-state index is 0.768. The lowest BCUT2D eigenvalue weighted by Gasteiger charge is -2.04. The van der Waals surface area contributed by atoms with Crippen molar-refractivity contribution >= 4 is 23.7 Å². The van der Waals surface area contributed by atoms with E-state index in [1.165, 1.54) is 11.8 Å². The summed E-state index contributed by atoms with van der Waals surface area (Å²) >= 11 is 1.52. The first-order chi connectivity index (χ1) is 5.81. The van der Waals surface area contributed by atoms with Crippen molar-refractivity contribution in [1.29, 1.82) is 0 Å². The molecule has 0 saturated carbocycles. The zero-order valence-corrected chi connectivity index (χ0v) is 7.98. The van der Waals surface area contributed by atoms with E-state index in [9.17, 15) is 0 Å². The molecule has 0 bridgehead atoms. The number of thioether (sulfide) groups is 1. The Bertz CT molecular complexity index is 286. The molecule has 1 N–H and O–H groups in total. The van der Waals surface area contributed by atoms with Gasteiger partial charge in [0.15, 0.2) is 5.16 Å². The van der Waals surface area contributed by atoms with E-state index in [0.717, 1.165) is 16.5 Å². The SMILES string of the molecule is C=Cc1cnc(SC)nc1NC. The Labute approximate surface area is 76.3 Å². The van der Waals surface area contributed by atoms with Gasteiger partial charge in [-0.2, -0.15) is 0 Å². The van der Waals surface area contributed by atoms with Gasteiger partial charge in [-0.15, -0.1) is 0 Å². The van der Waals surface area contributed by atoms with Crippen molar-refractivity contribution in [3.05, 3.63) is 18.3 Å². The van der Waals surface area contributed by atoms with Crippen LogP contribution in [0.3, 0.4) is 0 Å². The van der Waals surface area contributed by atoms with Gasteiger partial charge in [-0.05, 0) is 6.26 Å². The lowest BCUT2D eigenvalue weighted by atomic mass is 10.3. The Hall–Kier alpha value is -1.03. The molecule has 0 aromatic carbocycles. The lowest BCUT2D eigenvalue weighted by molar-refractivity contribution is 0.968. The van der Waals surface area contributed by atoms with Gasteiger partial charge in [0.05, 0.1) is 0 Å². The van der Waals surface area contributed by atoms with E-state index in [1.54, 1.807) is 12.3 Å². The maximum atomic E-state index is 4.25. The van der Waals surface area contributed by atoms with Crippen molar-refractivity contribution in [1.82, 2.24) is 9.97 Å². The average molecular weight is 181 g/mol. The second-order valence-corrected chi connectivity index (χ2v) is 2.89. The van der Waals surface area contributed by atoms with Crippen molar-refractivity contribution in [2.75, 3.05) is 18.6 Å². The molecule has 0 spiro atoms. The fourth-order valence-corrected chi connectivity index (χ4v) is 1.16. The molecular formula is C8H11N3S. The molecule has 0 aliphatic carbocycles. The van der Waals surface area contributed by atoms with Crippen LogP contribution in [0.5, 0.6) is 0 Å². The van der Waals surface area contributed by atoms with Gasteiger partial charge in [-0.25, -0.2) is 9.97 Å². The maximum Gasteiger partial charge on any atom is 0.189 e. The van der Waals surface area contributed by atoms with Crippen molar-refractivity contribution in [2.45, 2.75) is 5.16 Å². The third-order valence-electron chi connectivity index (χ3n) is 1.43. The van der Waals surface area contributed by atoms with Crippen LogP contribution in [0.15, 0.2) is 17.9 Å². The summed E-state index contributed by atoms with van der Waals surface area (Å²) < 4.78 is 0. The van der Waals surface area contributed by atoms with Crippen LogP contribution in [0.2, 0.25) is 0 Å². The largest absolute Gasteiger partial charge is 0.373 e. The Morgan fingerprint density at radius 2 is 2.42 bits per heavy atom. The average Bonchev–Trinajstić information content (AvgIpc) is 2.16. The monoisotopic (exact) mass is 181 g/mol. The van der Waals surface area contributed by atoms with Crippen molar-refractivity contribution in [3.8, 4) is 0 Å². The first-order valence-corrected chi connectivity index (χ1v) is 4.75. The molecule has 4 heteroatoms. The highest BCUT2D eigenvalue weighted by Gasteiger charge is 2.00. The van der Waals surface area contributed by atoms with E-state index in [0.29, 0.717) is 0 Å². The predicted octanol–water partition coefficient (Wildman–Crippen LogP) is 1.88.